The van der Waals surface area contributed by atoms with Crippen LogP contribution in [0.1, 0.15) is 51.2 Å². The third-order valence-corrected chi connectivity index (χ3v) is 6.27. The molecule has 3 atom stereocenters. The summed E-state index contributed by atoms with van der Waals surface area (Å²) < 4.78 is 10.9. The Morgan fingerprint density at radius 2 is 1.61 bits per heavy atom. The average Bonchev–Trinajstić information content (AvgIpc) is 3.36. The minimum absolute atomic E-state index is 0.0371. The predicted octanol–water partition coefficient (Wildman–Crippen LogP) is 3.35. The zero-order valence-electron chi connectivity index (χ0n) is 22.2. The van der Waals surface area contributed by atoms with E-state index in [-0.39, 0.29) is 13.0 Å². The van der Waals surface area contributed by atoms with Crippen LogP contribution in [-0.4, -0.2) is 53.0 Å². The van der Waals surface area contributed by atoms with Gasteiger partial charge in [-0.1, -0.05) is 60.7 Å². The molecule has 0 spiro atoms. The lowest BCUT2D eigenvalue weighted by atomic mass is 9.91. The Morgan fingerprint density at radius 3 is 2.18 bits per heavy atom. The highest BCUT2D eigenvalue weighted by molar-refractivity contribution is 5.91. The second-order valence-corrected chi connectivity index (χ2v) is 10.5. The van der Waals surface area contributed by atoms with Gasteiger partial charge in [0.15, 0.2) is 0 Å². The molecular formula is C29H37N3O6. The molecule has 1 aliphatic heterocycles. The first-order valence-corrected chi connectivity index (χ1v) is 12.9. The molecule has 204 valence electrons. The van der Waals surface area contributed by atoms with Crippen LogP contribution in [0.3, 0.4) is 0 Å². The van der Waals surface area contributed by atoms with Crippen molar-refractivity contribution in [3.05, 3.63) is 71.8 Å². The summed E-state index contributed by atoms with van der Waals surface area (Å²) in [6.07, 6.45) is 0.533. The first kappa shape index (κ1) is 28.7. The van der Waals surface area contributed by atoms with Gasteiger partial charge in [0.25, 0.3) is 0 Å². The largest absolute Gasteiger partial charge is 0.459 e. The third-order valence-electron chi connectivity index (χ3n) is 6.27. The molecule has 38 heavy (non-hydrogen) atoms. The second kappa shape index (κ2) is 13.1. The average molecular weight is 524 g/mol. The molecule has 1 aliphatic rings. The molecule has 2 aromatic carbocycles. The lowest BCUT2D eigenvalue weighted by Gasteiger charge is -2.30. The lowest BCUT2D eigenvalue weighted by Crippen LogP contribution is -2.53. The fourth-order valence-electron chi connectivity index (χ4n) is 4.46. The molecule has 1 fully saturated rings. The summed E-state index contributed by atoms with van der Waals surface area (Å²) in [5.74, 6) is -2.30. The van der Waals surface area contributed by atoms with E-state index in [0.29, 0.717) is 25.8 Å². The van der Waals surface area contributed by atoms with E-state index in [1.807, 2.05) is 60.7 Å². The summed E-state index contributed by atoms with van der Waals surface area (Å²) in [5.41, 5.74) is 6.64. The van der Waals surface area contributed by atoms with E-state index >= 15 is 0 Å². The van der Waals surface area contributed by atoms with Crippen LogP contribution < -0.4 is 11.1 Å². The molecule has 1 saturated heterocycles. The first-order valence-electron chi connectivity index (χ1n) is 12.9. The maximum absolute atomic E-state index is 13.7. The molecule has 3 amide bonds. The van der Waals surface area contributed by atoms with E-state index in [2.05, 4.69) is 5.32 Å². The summed E-state index contributed by atoms with van der Waals surface area (Å²) >= 11 is 0. The molecule has 9 nitrogen and oxygen atoms in total. The minimum atomic E-state index is -1.12. The quantitative estimate of drug-likeness (QED) is 0.460. The monoisotopic (exact) mass is 523 g/mol. The molecule has 1 heterocycles. The van der Waals surface area contributed by atoms with Gasteiger partial charge in [0.05, 0.1) is 0 Å². The Morgan fingerprint density at radius 1 is 1.00 bits per heavy atom. The van der Waals surface area contributed by atoms with Gasteiger partial charge >= 0.3 is 12.1 Å². The zero-order valence-corrected chi connectivity index (χ0v) is 22.2. The number of nitrogens with two attached hydrogens (primary N) is 1. The lowest BCUT2D eigenvalue weighted by molar-refractivity contribution is -0.155. The van der Waals surface area contributed by atoms with Gasteiger partial charge in [0, 0.05) is 12.5 Å². The molecule has 9 heteroatoms. The van der Waals surface area contributed by atoms with Gasteiger partial charge < -0.3 is 25.4 Å². The van der Waals surface area contributed by atoms with Crippen molar-refractivity contribution < 1.29 is 28.7 Å². The van der Waals surface area contributed by atoms with E-state index in [0.717, 1.165) is 11.1 Å². The number of esters is 1. The highest BCUT2D eigenvalue weighted by Crippen LogP contribution is 2.23. The summed E-state index contributed by atoms with van der Waals surface area (Å²) in [6.45, 7) is 5.56. The molecule has 0 radical (unpaired) electrons. The Balaban J connectivity index is 1.76. The van der Waals surface area contributed by atoms with E-state index in [4.69, 9.17) is 15.2 Å². The van der Waals surface area contributed by atoms with E-state index in [1.165, 1.54) is 4.90 Å². The molecular weight excluding hydrogens is 486 g/mol. The molecule has 3 rings (SSSR count). The number of amides is 3. The number of likely N-dealkylation sites (tertiary alicyclic amines) is 1. The molecule has 3 N–H and O–H groups in total. The second-order valence-electron chi connectivity index (χ2n) is 10.5. The van der Waals surface area contributed by atoms with Crippen molar-refractivity contribution in [2.24, 2.45) is 11.7 Å². The van der Waals surface area contributed by atoms with E-state index in [9.17, 15) is 19.2 Å². The molecule has 0 saturated carbocycles. The highest BCUT2D eigenvalue weighted by Gasteiger charge is 2.40. The van der Waals surface area contributed by atoms with Crippen LogP contribution in [-0.2, 0) is 36.9 Å². The van der Waals surface area contributed by atoms with Crippen molar-refractivity contribution in [1.29, 1.82) is 0 Å². The van der Waals surface area contributed by atoms with Crippen LogP contribution in [0.4, 0.5) is 4.79 Å². The van der Waals surface area contributed by atoms with Crippen LogP contribution in [0.2, 0.25) is 0 Å². The maximum atomic E-state index is 13.7. The molecule has 0 aliphatic carbocycles. The predicted molar refractivity (Wildman–Crippen MR) is 142 cm³/mol. The number of hydrogen-bond acceptors (Lipinski definition) is 6. The van der Waals surface area contributed by atoms with Gasteiger partial charge in [-0.25, -0.2) is 9.59 Å². The number of primary amides is 1. The van der Waals surface area contributed by atoms with Gasteiger partial charge in [-0.2, -0.15) is 0 Å². The number of alkyl carbamates (subject to hydrolysis) is 1. The van der Waals surface area contributed by atoms with Crippen molar-refractivity contribution in [1.82, 2.24) is 10.2 Å². The minimum Gasteiger partial charge on any atom is -0.459 e. The number of hydrogen-bond donors (Lipinski definition) is 2. The maximum Gasteiger partial charge on any atom is 0.408 e. The Hall–Kier alpha value is -3.88. The van der Waals surface area contributed by atoms with Gasteiger partial charge in [-0.15, -0.1) is 0 Å². The van der Waals surface area contributed by atoms with Gasteiger partial charge in [-0.3, -0.25) is 9.59 Å². The van der Waals surface area contributed by atoms with Crippen LogP contribution in [0, 0.1) is 5.92 Å². The van der Waals surface area contributed by atoms with Crippen LogP contribution in [0.25, 0.3) is 0 Å². The summed E-state index contributed by atoms with van der Waals surface area (Å²) in [5, 5.41) is 2.63. The number of rotatable bonds is 10. The normalized spacial score (nSPS) is 16.8. The first-order chi connectivity index (χ1) is 18.0. The summed E-state index contributed by atoms with van der Waals surface area (Å²) in [6, 6.07) is 16.7. The van der Waals surface area contributed by atoms with Crippen molar-refractivity contribution >= 4 is 23.9 Å². The fourth-order valence-corrected chi connectivity index (χ4v) is 4.46. The summed E-state index contributed by atoms with van der Waals surface area (Å²) in [4.78, 5) is 53.1. The van der Waals surface area contributed by atoms with Crippen molar-refractivity contribution in [3.8, 4) is 0 Å². The topological polar surface area (TPSA) is 128 Å². The van der Waals surface area contributed by atoms with Crippen LogP contribution in [0.5, 0.6) is 0 Å². The van der Waals surface area contributed by atoms with Crippen LogP contribution in [0.15, 0.2) is 60.7 Å². The Labute approximate surface area is 223 Å². The number of carbonyl (C=O) groups excluding carboxylic acids is 4. The van der Waals surface area contributed by atoms with Gasteiger partial charge in [-0.05, 0) is 57.6 Å². The van der Waals surface area contributed by atoms with Crippen molar-refractivity contribution in [2.45, 2.75) is 70.7 Å². The third kappa shape index (κ3) is 8.61. The molecule has 2 aromatic rings. The zero-order chi connectivity index (χ0) is 27.7. The number of benzene rings is 2. The molecule has 0 aromatic heterocycles. The number of ether oxygens (including phenoxy) is 2. The Bertz CT molecular complexity index is 1100. The van der Waals surface area contributed by atoms with Gasteiger partial charge in [0.2, 0.25) is 11.8 Å². The smallest absolute Gasteiger partial charge is 0.408 e. The van der Waals surface area contributed by atoms with Crippen LogP contribution >= 0.6 is 0 Å². The number of carbonyl (C=O) groups is 4. The number of nitrogens with one attached hydrogen (secondary N) is 1. The molecule has 0 unspecified atom stereocenters. The van der Waals surface area contributed by atoms with E-state index in [1.54, 1.807) is 20.8 Å². The fraction of sp³-hybridized carbons (Fsp3) is 0.448. The van der Waals surface area contributed by atoms with Gasteiger partial charge in [0.1, 0.15) is 24.3 Å². The van der Waals surface area contributed by atoms with Crippen molar-refractivity contribution in [3.63, 3.8) is 0 Å². The van der Waals surface area contributed by atoms with Crippen molar-refractivity contribution in [2.75, 3.05) is 6.54 Å². The van der Waals surface area contributed by atoms with E-state index < -0.39 is 47.5 Å². The standard InChI is InChI=1S/C29H37N3O6/c1-29(2,3)38-28(36)31-23(18-22(25(30)33)17-20-11-6-4-7-12-20)26(34)32-16-10-15-24(32)27(35)37-19-21-13-8-5-9-14-21/h4-9,11-14,22-24H,10,15-19H2,1-3H3,(H2,30,33)(H,31,36)/t22-,23-,24-/m1/s1. The Kier molecular flexibility index (Phi) is 9.87. The molecule has 0 bridgehead atoms. The number of nitrogens with zero attached hydrogens (tertiary/aromatic N) is 1. The SMILES string of the molecule is CC(C)(C)OC(=O)N[C@H](C[C@@H](Cc1ccccc1)C(N)=O)C(=O)N1CCC[C@@H]1C(=O)OCc1ccccc1. The summed E-state index contributed by atoms with van der Waals surface area (Å²) in [7, 11) is 0. The highest BCUT2D eigenvalue weighted by atomic mass is 16.6.